The molecule has 0 saturated heterocycles. The average Bonchev–Trinajstić information content (AvgIpc) is 2.55. The maximum atomic E-state index is 11.4. The van der Waals surface area contributed by atoms with E-state index in [1.807, 2.05) is 29.8 Å². The van der Waals surface area contributed by atoms with Gasteiger partial charge >= 0.3 is 0 Å². The zero-order chi connectivity index (χ0) is 11.0. The minimum atomic E-state index is 0.0799. The molecule has 0 aliphatic carbocycles. The van der Waals surface area contributed by atoms with Gasteiger partial charge in [-0.15, -0.1) is 0 Å². The van der Waals surface area contributed by atoms with Gasteiger partial charge in [0, 0.05) is 23.7 Å². The van der Waals surface area contributed by atoms with Crippen LogP contribution < -0.4 is 0 Å². The van der Waals surface area contributed by atoms with Crippen molar-refractivity contribution in [3.63, 3.8) is 0 Å². The number of aryl methyl sites for hydroxylation is 1. The van der Waals surface area contributed by atoms with Gasteiger partial charge in [-0.1, -0.05) is 0 Å². The van der Waals surface area contributed by atoms with Crippen LogP contribution in [0.5, 0.6) is 0 Å². The summed E-state index contributed by atoms with van der Waals surface area (Å²) in [4.78, 5) is 15.8. The van der Waals surface area contributed by atoms with Crippen molar-refractivity contribution in [1.29, 1.82) is 0 Å². The standard InChI is InChI=1S/C11H11BrN2O/c1-3-14-6-9(7(2)15)8-4-5-10(12)13-11(8)14/h4-6H,3H2,1-2H3. The summed E-state index contributed by atoms with van der Waals surface area (Å²) in [6, 6.07) is 3.78. The molecule has 4 heteroatoms. The number of ketones is 1. The molecule has 2 aromatic heterocycles. The number of rotatable bonds is 2. The fourth-order valence-corrected chi connectivity index (χ4v) is 1.96. The summed E-state index contributed by atoms with van der Waals surface area (Å²) in [5.74, 6) is 0.0799. The fraction of sp³-hybridized carbons (Fsp3) is 0.273. The lowest BCUT2D eigenvalue weighted by molar-refractivity contribution is 0.101. The first kappa shape index (κ1) is 10.4. The van der Waals surface area contributed by atoms with E-state index >= 15 is 0 Å². The van der Waals surface area contributed by atoms with E-state index in [4.69, 9.17) is 0 Å². The first-order valence-electron chi connectivity index (χ1n) is 4.79. The Labute approximate surface area is 96.2 Å². The molecule has 78 valence electrons. The highest BCUT2D eigenvalue weighted by atomic mass is 79.9. The molecule has 0 spiro atoms. The van der Waals surface area contributed by atoms with Gasteiger partial charge in [0.25, 0.3) is 0 Å². The van der Waals surface area contributed by atoms with E-state index in [9.17, 15) is 4.79 Å². The molecule has 15 heavy (non-hydrogen) atoms. The summed E-state index contributed by atoms with van der Waals surface area (Å²) >= 11 is 3.33. The smallest absolute Gasteiger partial charge is 0.162 e. The second-order valence-corrected chi connectivity index (χ2v) is 4.20. The van der Waals surface area contributed by atoms with E-state index in [1.165, 1.54) is 0 Å². The van der Waals surface area contributed by atoms with E-state index in [2.05, 4.69) is 20.9 Å². The van der Waals surface area contributed by atoms with Gasteiger partial charge < -0.3 is 4.57 Å². The minimum absolute atomic E-state index is 0.0799. The van der Waals surface area contributed by atoms with E-state index in [0.29, 0.717) is 0 Å². The molecule has 0 unspecified atom stereocenters. The molecule has 0 saturated carbocycles. The number of nitrogens with zero attached hydrogens (tertiary/aromatic N) is 2. The van der Waals surface area contributed by atoms with Crippen molar-refractivity contribution in [3.05, 3.63) is 28.5 Å². The van der Waals surface area contributed by atoms with E-state index in [1.54, 1.807) is 6.92 Å². The third-order valence-electron chi connectivity index (χ3n) is 2.41. The molecule has 0 aromatic carbocycles. The van der Waals surface area contributed by atoms with E-state index in [0.717, 1.165) is 27.7 Å². The predicted octanol–water partition coefficient (Wildman–Crippen LogP) is 3.02. The molecular formula is C11H11BrN2O. The highest BCUT2D eigenvalue weighted by molar-refractivity contribution is 9.10. The molecular weight excluding hydrogens is 256 g/mol. The number of aromatic nitrogens is 2. The second kappa shape index (κ2) is 3.77. The second-order valence-electron chi connectivity index (χ2n) is 3.39. The largest absolute Gasteiger partial charge is 0.332 e. The maximum absolute atomic E-state index is 11.4. The predicted molar refractivity (Wildman–Crippen MR) is 63.1 cm³/mol. The molecule has 2 rings (SSSR count). The zero-order valence-electron chi connectivity index (χ0n) is 8.62. The van der Waals surface area contributed by atoms with Crippen LogP contribution >= 0.6 is 15.9 Å². The topological polar surface area (TPSA) is 34.9 Å². The van der Waals surface area contributed by atoms with Gasteiger partial charge in [-0.05, 0) is 41.9 Å². The van der Waals surface area contributed by atoms with Crippen molar-refractivity contribution in [1.82, 2.24) is 9.55 Å². The van der Waals surface area contributed by atoms with Crippen molar-refractivity contribution in [2.24, 2.45) is 0 Å². The summed E-state index contributed by atoms with van der Waals surface area (Å²) in [7, 11) is 0. The van der Waals surface area contributed by atoms with E-state index < -0.39 is 0 Å². The van der Waals surface area contributed by atoms with Crippen LogP contribution in [-0.4, -0.2) is 15.3 Å². The number of Topliss-reactive ketones (excluding diaryl/α,β-unsaturated/α-hetero) is 1. The van der Waals surface area contributed by atoms with Gasteiger partial charge in [-0.25, -0.2) is 4.98 Å². The summed E-state index contributed by atoms with van der Waals surface area (Å²) in [5, 5.41) is 0.924. The van der Waals surface area contributed by atoms with Gasteiger partial charge in [0.1, 0.15) is 10.3 Å². The van der Waals surface area contributed by atoms with Gasteiger partial charge in [-0.3, -0.25) is 4.79 Å². The van der Waals surface area contributed by atoms with Crippen molar-refractivity contribution >= 4 is 32.7 Å². The molecule has 3 nitrogen and oxygen atoms in total. The third-order valence-corrected chi connectivity index (χ3v) is 2.85. The lowest BCUT2D eigenvalue weighted by atomic mass is 10.2. The zero-order valence-corrected chi connectivity index (χ0v) is 10.2. The first-order valence-corrected chi connectivity index (χ1v) is 5.59. The van der Waals surface area contributed by atoms with Crippen LogP contribution in [0.25, 0.3) is 11.0 Å². The maximum Gasteiger partial charge on any atom is 0.162 e. The quantitative estimate of drug-likeness (QED) is 0.619. The molecule has 0 N–H and O–H groups in total. The number of hydrogen-bond donors (Lipinski definition) is 0. The SMILES string of the molecule is CCn1cc(C(C)=O)c2ccc(Br)nc21. The Balaban J connectivity index is 2.81. The Kier molecular flexibility index (Phi) is 2.61. The highest BCUT2D eigenvalue weighted by Gasteiger charge is 2.12. The average molecular weight is 267 g/mol. The van der Waals surface area contributed by atoms with Crippen LogP contribution in [-0.2, 0) is 6.54 Å². The molecule has 0 amide bonds. The molecule has 2 heterocycles. The Morgan fingerprint density at radius 2 is 2.27 bits per heavy atom. The van der Waals surface area contributed by atoms with Crippen molar-refractivity contribution in [2.75, 3.05) is 0 Å². The number of halogens is 1. The Bertz CT molecular complexity index is 531. The lowest BCUT2D eigenvalue weighted by Gasteiger charge is -1.98. The van der Waals surface area contributed by atoms with Crippen molar-refractivity contribution in [3.8, 4) is 0 Å². The molecule has 0 aliphatic rings. The Hall–Kier alpha value is -1.16. The van der Waals surface area contributed by atoms with Crippen LogP contribution in [0, 0.1) is 0 Å². The molecule has 0 radical (unpaired) electrons. The summed E-state index contributed by atoms with van der Waals surface area (Å²) in [6.45, 7) is 4.43. The van der Waals surface area contributed by atoms with Crippen molar-refractivity contribution < 1.29 is 4.79 Å². The van der Waals surface area contributed by atoms with Crippen LogP contribution in [0.4, 0.5) is 0 Å². The summed E-state index contributed by atoms with van der Waals surface area (Å²) in [6.07, 6.45) is 1.87. The van der Waals surface area contributed by atoms with Gasteiger partial charge in [0.15, 0.2) is 5.78 Å². The lowest BCUT2D eigenvalue weighted by Crippen LogP contribution is -1.93. The van der Waals surface area contributed by atoms with Crippen LogP contribution in [0.1, 0.15) is 24.2 Å². The monoisotopic (exact) mass is 266 g/mol. The highest BCUT2D eigenvalue weighted by Crippen LogP contribution is 2.22. The fourth-order valence-electron chi connectivity index (χ4n) is 1.66. The molecule has 2 aromatic rings. The third kappa shape index (κ3) is 1.69. The van der Waals surface area contributed by atoms with Crippen LogP contribution in [0.3, 0.4) is 0 Å². The number of carbonyl (C=O) groups excluding carboxylic acids is 1. The normalized spacial score (nSPS) is 10.9. The first-order chi connectivity index (χ1) is 7.13. The Morgan fingerprint density at radius 1 is 1.53 bits per heavy atom. The van der Waals surface area contributed by atoms with Crippen LogP contribution in [0.15, 0.2) is 22.9 Å². The minimum Gasteiger partial charge on any atom is -0.332 e. The number of hydrogen-bond acceptors (Lipinski definition) is 2. The molecule has 0 bridgehead atoms. The molecule has 0 fully saturated rings. The summed E-state index contributed by atoms with van der Waals surface area (Å²) < 4.78 is 2.77. The number of fused-ring (bicyclic) bond motifs is 1. The Morgan fingerprint density at radius 3 is 2.87 bits per heavy atom. The van der Waals surface area contributed by atoms with Crippen molar-refractivity contribution in [2.45, 2.75) is 20.4 Å². The number of carbonyl (C=O) groups is 1. The molecule has 0 aliphatic heterocycles. The number of pyridine rings is 1. The molecule has 0 atom stereocenters. The van der Waals surface area contributed by atoms with Gasteiger partial charge in [-0.2, -0.15) is 0 Å². The van der Waals surface area contributed by atoms with Gasteiger partial charge in [0.2, 0.25) is 0 Å². The van der Waals surface area contributed by atoms with Crippen LogP contribution in [0.2, 0.25) is 0 Å². The summed E-state index contributed by atoms with van der Waals surface area (Å²) in [5.41, 5.74) is 1.60. The van der Waals surface area contributed by atoms with Gasteiger partial charge in [0.05, 0.1) is 0 Å². The van der Waals surface area contributed by atoms with E-state index in [-0.39, 0.29) is 5.78 Å².